The van der Waals surface area contributed by atoms with Gasteiger partial charge in [-0.3, -0.25) is 4.99 Å². The van der Waals surface area contributed by atoms with E-state index in [1.807, 2.05) is 0 Å². The van der Waals surface area contributed by atoms with Gasteiger partial charge < -0.3 is 10.6 Å². The summed E-state index contributed by atoms with van der Waals surface area (Å²) in [5.74, 6) is -0.346. The van der Waals surface area contributed by atoms with Gasteiger partial charge in [0.15, 0.2) is 5.96 Å². The Morgan fingerprint density at radius 1 is 1.29 bits per heavy atom. The molecule has 0 fully saturated rings. The molecule has 0 heterocycles. The largest absolute Gasteiger partial charge is 0.356 e. The van der Waals surface area contributed by atoms with Crippen LogP contribution in [0.5, 0.6) is 0 Å². The van der Waals surface area contributed by atoms with Crippen LogP contribution < -0.4 is 10.6 Å². The molecule has 0 bridgehead atoms. The lowest BCUT2D eigenvalue weighted by atomic mass is 10.1. The number of guanidine groups is 1. The Hall–Kier alpha value is -1.18. The maximum absolute atomic E-state index is 13.5. The average Bonchev–Trinajstić information content (AvgIpc) is 2.93. The first-order valence-corrected chi connectivity index (χ1v) is 6.75. The van der Waals surface area contributed by atoms with E-state index in [1.165, 1.54) is 12.1 Å². The standard InChI is InChI=1S/C15H19F2N3.HI/c1-18-15(20-13-4-2-3-5-13)19-9-8-11-6-7-12(16)10-14(11)17;/h2-3,6-7,10,13H,4-5,8-9H2,1H3,(H2,18,19,20);1H. The first kappa shape index (κ1) is 17.9. The Bertz CT molecular complexity index is 510. The molecule has 3 nitrogen and oxygen atoms in total. The predicted molar refractivity (Wildman–Crippen MR) is 92.1 cm³/mol. The number of benzene rings is 1. The van der Waals surface area contributed by atoms with Gasteiger partial charge in [0.1, 0.15) is 11.6 Å². The molecule has 0 spiro atoms. The van der Waals surface area contributed by atoms with Crippen molar-refractivity contribution >= 4 is 29.9 Å². The highest BCUT2D eigenvalue weighted by atomic mass is 127. The van der Waals surface area contributed by atoms with Crippen LogP contribution in [0.4, 0.5) is 8.78 Å². The number of nitrogens with zero attached hydrogens (tertiary/aromatic N) is 1. The van der Waals surface area contributed by atoms with Crippen LogP contribution in [-0.2, 0) is 6.42 Å². The summed E-state index contributed by atoms with van der Waals surface area (Å²) in [6.45, 7) is 0.544. The van der Waals surface area contributed by atoms with Gasteiger partial charge >= 0.3 is 0 Å². The van der Waals surface area contributed by atoms with Crippen LogP contribution in [0, 0.1) is 11.6 Å². The van der Waals surface area contributed by atoms with E-state index < -0.39 is 11.6 Å². The lowest BCUT2D eigenvalue weighted by Gasteiger charge is -2.16. The summed E-state index contributed by atoms with van der Waals surface area (Å²) in [6.07, 6.45) is 6.74. The van der Waals surface area contributed by atoms with Crippen LogP contribution in [0.3, 0.4) is 0 Å². The zero-order valence-corrected chi connectivity index (χ0v) is 14.2. The Morgan fingerprint density at radius 2 is 2.00 bits per heavy atom. The summed E-state index contributed by atoms with van der Waals surface area (Å²) in [6, 6.07) is 4.04. The molecule has 0 aromatic heterocycles. The Morgan fingerprint density at radius 3 is 2.62 bits per heavy atom. The van der Waals surface area contributed by atoms with Gasteiger partial charge in [-0.1, -0.05) is 18.2 Å². The van der Waals surface area contributed by atoms with Gasteiger partial charge in [0.05, 0.1) is 0 Å². The second kappa shape index (κ2) is 8.96. The van der Waals surface area contributed by atoms with Crippen molar-refractivity contribution in [1.29, 1.82) is 0 Å². The molecule has 0 saturated heterocycles. The highest BCUT2D eigenvalue weighted by Crippen LogP contribution is 2.10. The molecule has 21 heavy (non-hydrogen) atoms. The normalized spacial score (nSPS) is 14.9. The van der Waals surface area contributed by atoms with Crippen LogP contribution in [0.15, 0.2) is 35.3 Å². The van der Waals surface area contributed by atoms with Crippen molar-refractivity contribution in [2.24, 2.45) is 4.99 Å². The van der Waals surface area contributed by atoms with Gasteiger partial charge in [-0.05, 0) is 30.9 Å². The molecule has 1 aromatic carbocycles. The number of hydrogen-bond acceptors (Lipinski definition) is 1. The van der Waals surface area contributed by atoms with E-state index in [1.54, 1.807) is 7.05 Å². The topological polar surface area (TPSA) is 36.4 Å². The molecule has 116 valence electrons. The number of halogens is 3. The van der Waals surface area contributed by atoms with E-state index in [0.717, 1.165) is 18.9 Å². The summed E-state index contributed by atoms with van der Waals surface area (Å²) in [4.78, 5) is 4.13. The third-order valence-corrected chi connectivity index (χ3v) is 3.27. The molecule has 1 aromatic rings. The molecule has 0 amide bonds. The molecule has 0 radical (unpaired) electrons. The summed E-state index contributed by atoms with van der Waals surface area (Å²) < 4.78 is 26.3. The fraction of sp³-hybridized carbons (Fsp3) is 0.400. The van der Waals surface area contributed by atoms with E-state index in [9.17, 15) is 8.78 Å². The van der Waals surface area contributed by atoms with Gasteiger partial charge in [0, 0.05) is 25.7 Å². The second-order valence-electron chi connectivity index (χ2n) is 4.77. The minimum absolute atomic E-state index is 0. The van der Waals surface area contributed by atoms with E-state index in [2.05, 4.69) is 27.8 Å². The molecule has 0 unspecified atom stereocenters. The SMILES string of the molecule is CN=C(NCCc1ccc(F)cc1F)NC1CC=CC1.I. The lowest BCUT2D eigenvalue weighted by molar-refractivity contribution is 0.569. The molecular weight excluding hydrogens is 387 g/mol. The molecule has 0 saturated carbocycles. The van der Waals surface area contributed by atoms with E-state index >= 15 is 0 Å². The van der Waals surface area contributed by atoms with Crippen LogP contribution in [0.25, 0.3) is 0 Å². The molecule has 1 aliphatic rings. The minimum atomic E-state index is -0.551. The first-order chi connectivity index (χ1) is 9.69. The zero-order valence-electron chi connectivity index (χ0n) is 11.9. The number of aliphatic imine (C=N–C) groups is 1. The maximum atomic E-state index is 13.5. The number of hydrogen-bond donors (Lipinski definition) is 2. The van der Waals surface area contributed by atoms with Crippen molar-refractivity contribution in [1.82, 2.24) is 10.6 Å². The van der Waals surface area contributed by atoms with Gasteiger partial charge in [-0.15, -0.1) is 24.0 Å². The summed E-state index contributed by atoms with van der Waals surface area (Å²) in [7, 11) is 1.70. The zero-order chi connectivity index (χ0) is 14.4. The van der Waals surface area contributed by atoms with Crippen molar-refractivity contribution in [3.8, 4) is 0 Å². The second-order valence-corrected chi connectivity index (χ2v) is 4.77. The van der Waals surface area contributed by atoms with Crippen molar-refractivity contribution in [3.05, 3.63) is 47.5 Å². The number of rotatable bonds is 4. The summed E-state index contributed by atoms with van der Waals surface area (Å²) in [5.41, 5.74) is 0.497. The molecule has 0 aliphatic heterocycles. The Kier molecular flexibility index (Phi) is 7.63. The minimum Gasteiger partial charge on any atom is -0.356 e. The quantitative estimate of drug-likeness (QED) is 0.349. The molecular formula is C15H20F2IN3. The van der Waals surface area contributed by atoms with Crippen LogP contribution in [0.1, 0.15) is 18.4 Å². The van der Waals surface area contributed by atoms with Gasteiger partial charge in [-0.2, -0.15) is 0 Å². The summed E-state index contributed by atoms with van der Waals surface area (Å²) >= 11 is 0. The van der Waals surface area contributed by atoms with Crippen molar-refractivity contribution < 1.29 is 8.78 Å². The molecule has 2 rings (SSSR count). The summed E-state index contributed by atoms with van der Waals surface area (Å²) in [5, 5.41) is 6.44. The number of nitrogens with one attached hydrogen (secondary N) is 2. The first-order valence-electron chi connectivity index (χ1n) is 6.75. The lowest BCUT2D eigenvalue weighted by Crippen LogP contribution is -2.43. The van der Waals surface area contributed by atoms with Crippen molar-refractivity contribution in [2.45, 2.75) is 25.3 Å². The molecule has 1 aliphatic carbocycles. The third kappa shape index (κ3) is 5.61. The van der Waals surface area contributed by atoms with Gasteiger partial charge in [-0.25, -0.2) is 8.78 Å². The van der Waals surface area contributed by atoms with Gasteiger partial charge in [0.2, 0.25) is 0 Å². The van der Waals surface area contributed by atoms with E-state index in [-0.39, 0.29) is 24.0 Å². The van der Waals surface area contributed by atoms with Crippen molar-refractivity contribution in [2.75, 3.05) is 13.6 Å². The highest BCUT2D eigenvalue weighted by Gasteiger charge is 2.11. The Labute approximate surface area is 140 Å². The fourth-order valence-electron chi connectivity index (χ4n) is 2.16. The van der Waals surface area contributed by atoms with Crippen LogP contribution in [-0.4, -0.2) is 25.6 Å². The van der Waals surface area contributed by atoms with Crippen LogP contribution in [0.2, 0.25) is 0 Å². The van der Waals surface area contributed by atoms with Gasteiger partial charge in [0.25, 0.3) is 0 Å². The van der Waals surface area contributed by atoms with E-state index in [0.29, 0.717) is 30.5 Å². The Balaban J connectivity index is 0.00000220. The predicted octanol–water partition coefficient (Wildman–Crippen LogP) is 3.01. The highest BCUT2D eigenvalue weighted by molar-refractivity contribution is 14.0. The molecule has 2 N–H and O–H groups in total. The monoisotopic (exact) mass is 407 g/mol. The fourth-order valence-corrected chi connectivity index (χ4v) is 2.16. The maximum Gasteiger partial charge on any atom is 0.191 e. The van der Waals surface area contributed by atoms with Crippen LogP contribution >= 0.6 is 24.0 Å². The van der Waals surface area contributed by atoms with E-state index in [4.69, 9.17) is 0 Å². The third-order valence-electron chi connectivity index (χ3n) is 3.27. The molecule has 6 heteroatoms. The van der Waals surface area contributed by atoms with Crippen molar-refractivity contribution in [3.63, 3.8) is 0 Å². The smallest absolute Gasteiger partial charge is 0.191 e. The molecule has 0 atom stereocenters. The average molecular weight is 407 g/mol.